The predicted molar refractivity (Wildman–Crippen MR) is 148 cm³/mol. The smallest absolute Gasteiger partial charge is 0.335 e. The van der Waals surface area contributed by atoms with E-state index in [-0.39, 0.29) is 35.8 Å². The molecule has 0 spiro atoms. The number of thiophene rings is 1. The Kier molecular flexibility index (Phi) is 6.21. The first-order chi connectivity index (χ1) is 18.9. The van der Waals surface area contributed by atoms with Gasteiger partial charge in [0.05, 0.1) is 32.4 Å². The molecule has 0 bridgehead atoms. The third-order valence-electron chi connectivity index (χ3n) is 7.96. The molecule has 1 saturated heterocycles. The molecule has 3 aliphatic rings. The third-order valence-corrected chi connectivity index (χ3v) is 9.21. The molecule has 3 aromatic heterocycles. The van der Waals surface area contributed by atoms with E-state index in [0.717, 1.165) is 60.8 Å². The number of hydrogen-bond donors (Lipinski definition) is 2. The summed E-state index contributed by atoms with van der Waals surface area (Å²) in [7, 11) is 0. The highest BCUT2D eigenvalue weighted by Crippen LogP contribution is 2.44. The molecule has 9 nitrogen and oxygen atoms in total. The molecule has 3 fully saturated rings. The summed E-state index contributed by atoms with van der Waals surface area (Å²) in [5.41, 5.74) is 3.05. The molecule has 0 atom stereocenters. The summed E-state index contributed by atoms with van der Waals surface area (Å²) in [6.07, 6.45) is 6.36. The zero-order valence-electron chi connectivity index (χ0n) is 21.2. The highest BCUT2D eigenvalue weighted by molar-refractivity contribution is 7.19. The highest BCUT2D eigenvalue weighted by atomic mass is 35.5. The summed E-state index contributed by atoms with van der Waals surface area (Å²) in [5, 5.41) is 17.2. The lowest BCUT2D eigenvalue weighted by molar-refractivity contribution is 0.0696. The topological polar surface area (TPSA) is 113 Å². The second-order valence-electron chi connectivity index (χ2n) is 10.8. The van der Waals surface area contributed by atoms with Crippen LogP contribution in [0.1, 0.15) is 76.7 Å². The minimum atomic E-state index is -1.00. The van der Waals surface area contributed by atoms with E-state index in [4.69, 9.17) is 21.1 Å². The number of hydrogen-bond acceptors (Lipinski definition) is 7. The first-order valence-electron chi connectivity index (χ1n) is 13.5. The van der Waals surface area contributed by atoms with Crippen LogP contribution in [-0.2, 0) is 6.54 Å². The summed E-state index contributed by atoms with van der Waals surface area (Å²) < 4.78 is 8.15. The number of nitrogens with zero attached hydrogens (tertiary/aromatic N) is 4. The number of fused-ring (bicyclic) bond motifs is 1. The summed E-state index contributed by atoms with van der Waals surface area (Å²) in [6, 6.07) is 9.66. The van der Waals surface area contributed by atoms with Gasteiger partial charge in [0.15, 0.2) is 11.6 Å². The number of aromatic nitrogens is 3. The van der Waals surface area contributed by atoms with Gasteiger partial charge in [-0.2, -0.15) is 0 Å². The van der Waals surface area contributed by atoms with Gasteiger partial charge in [0.25, 0.3) is 5.91 Å². The van der Waals surface area contributed by atoms with Gasteiger partial charge in [-0.25, -0.2) is 9.78 Å². The fraction of sp³-hybridized carbons (Fsp3) is 0.429. The van der Waals surface area contributed by atoms with Crippen LogP contribution in [-0.4, -0.2) is 61.8 Å². The van der Waals surface area contributed by atoms with E-state index >= 15 is 0 Å². The second-order valence-corrected chi connectivity index (χ2v) is 12.6. The largest absolute Gasteiger partial charge is 0.478 e. The number of carbonyl (C=O) groups excluding carboxylic acids is 1. The Morgan fingerprint density at radius 3 is 2.56 bits per heavy atom. The van der Waals surface area contributed by atoms with Crippen LogP contribution in [0, 0.1) is 0 Å². The Labute approximate surface area is 233 Å². The minimum absolute atomic E-state index is 0.0838. The number of aromatic carboxylic acids is 1. The number of carbonyl (C=O) groups is 2. The molecule has 2 aliphatic carbocycles. The van der Waals surface area contributed by atoms with Gasteiger partial charge in [0.2, 0.25) is 0 Å². The molecule has 4 aromatic rings. The van der Waals surface area contributed by atoms with E-state index in [0.29, 0.717) is 21.3 Å². The van der Waals surface area contributed by atoms with Crippen LogP contribution >= 0.6 is 22.9 Å². The lowest BCUT2D eigenvalue weighted by atomic mass is 10.0. The average molecular weight is 566 g/mol. The van der Waals surface area contributed by atoms with Crippen LogP contribution in [0.2, 0.25) is 4.34 Å². The quantitative estimate of drug-likeness (QED) is 0.294. The van der Waals surface area contributed by atoms with Crippen molar-refractivity contribution in [2.45, 2.75) is 63.1 Å². The van der Waals surface area contributed by atoms with E-state index in [2.05, 4.69) is 15.4 Å². The molecule has 2 N–H and O–H groups in total. The van der Waals surface area contributed by atoms with Crippen LogP contribution < -0.4 is 5.32 Å². The van der Waals surface area contributed by atoms with Gasteiger partial charge < -0.3 is 24.4 Å². The van der Waals surface area contributed by atoms with Crippen molar-refractivity contribution in [3.63, 3.8) is 0 Å². The molecular weight excluding hydrogens is 538 g/mol. The van der Waals surface area contributed by atoms with Crippen LogP contribution in [0.3, 0.4) is 0 Å². The molecule has 1 aliphatic heterocycles. The number of benzene rings is 1. The van der Waals surface area contributed by atoms with Crippen molar-refractivity contribution in [1.82, 2.24) is 24.9 Å². The van der Waals surface area contributed by atoms with E-state index in [9.17, 15) is 14.7 Å². The number of piperidine rings is 1. The average Bonchev–Trinajstić information content (AvgIpc) is 3.83. The molecule has 202 valence electrons. The maximum Gasteiger partial charge on any atom is 0.335 e. The molecule has 4 heterocycles. The van der Waals surface area contributed by atoms with Crippen molar-refractivity contribution in [3.05, 3.63) is 57.3 Å². The summed E-state index contributed by atoms with van der Waals surface area (Å²) >= 11 is 7.51. The summed E-state index contributed by atoms with van der Waals surface area (Å²) in [6.45, 7) is 2.26. The number of carboxylic acid groups (broad SMARTS) is 1. The molecule has 0 radical (unpaired) electrons. The molecular formula is C28H28ClN5O4S. The number of nitrogens with one attached hydrogen (secondary N) is 1. The zero-order chi connectivity index (χ0) is 26.7. The van der Waals surface area contributed by atoms with E-state index in [1.54, 1.807) is 12.1 Å². The third kappa shape index (κ3) is 4.97. The first kappa shape index (κ1) is 24.8. The Hall–Kier alpha value is -3.21. The van der Waals surface area contributed by atoms with E-state index in [1.807, 2.05) is 22.8 Å². The fourth-order valence-electron chi connectivity index (χ4n) is 5.67. The lowest BCUT2D eigenvalue weighted by Crippen LogP contribution is -2.45. The van der Waals surface area contributed by atoms with Crippen molar-refractivity contribution in [3.8, 4) is 10.6 Å². The maximum atomic E-state index is 13.7. The molecule has 1 amide bonds. The van der Waals surface area contributed by atoms with Crippen molar-refractivity contribution in [2.24, 2.45) is 0 Å². The van der Waals surface area contributed by atoms with Gasteiger partial charge in [0.1, 0.15) is 5.69 Å². The lowest BCUT2D eigenvalue weighted by Gasteiger charge is -2.32. The number of carboxylic acids is 1. The van der Waals surface area contributed by atoms with Gasteiger partial charge in [0, 0.05) is 31.2 Å². The Morgan fingerprint density at radius 1 is 1.10 bits per heavy atom. The number of likely N-dealkylation sites (tertiary alicyclic amines) is 1. The molecule has 39 heavy (non-hydrogen) atoms. The van der Waals surface area contributed by atoms with Crippen molar-refractivity contribution in [1.29, 1.82) is 0 Å². The Morgan fingerprint density at radius 2 is 1.90 bits per heavy atom. The molecule has 0 unspecified atom stereocenters. The monoisotopic (exact) mass is 565 g/mol. The molecule has 2 saturated carbocycles. The van der Waals surface area contributed by atoms with E-state index < -0.39 is 5.97 Å². The standard InChI is InChI=1S/C28H28ClN5O4S/c29-24-6-5-23(39-24)22-13-18(32-38-22)14-34-25-20(15-1-2-15)11-16(28(36)37)12-21(25)31-26(34)27(35)30-17-7-9-33(10-8-17)19-3-4-19/h5-6,11-13,15,17,19H,1-4,7-10,14H2,(H,30,35)(H,36,37). The van der Waals surface area contributed by atoms with Gasteiger partial charge in [-0.15, -0.1) is 11.3 Å². The molecule has 7 rings (SSSR count). The van der Waals surface area contributed by atoms with Crippen LogP contribution in [0.5, 0.6) is 0 Å². The zero-order valence-corrected chi connectivity index (χ0v) is 22.8. The van der Waals surface area contributed by atoms with Gasteiger partial charge >= 0.3 is 5.97 Å². The highest BCUT2D eigenvalue weighted by Gasteiger charge is 2.34. The second kappa shape index (κ2) is 9.76. The number of halogens is 1. The summed E-state index contributed by atoms with van der Waals surface area (Å²) in [4.78, 5) is 33.7. The van der Waals surface area contributed by atoms with E-state index in [1.165, 1.54) is 24.2 Å². The van der Waals surface area contributed by atoms with Crippen molar-refractivity contribution < 1.29 is 19.2 Å². The first-order valence-corrected chi connectivity index (χ1v) is 14.7. The summed E-state index contributed by atoms with van der Waals surface area (Å²) in [5.74, 6) is -0.120. The normalized spacial score (nSPS) is 18.6. The predicted octanol–water partition coefficient (Wildman–Crippen LogP) is 5.39. The van der Waals surface area contributed by atoms with Crippen LogP contribution in [0.25, 0.3) is 21.7 Å². The van der Waals surface area contributed by atoms with Gasteiger partial charge in [-0.1, -0.05) is 16.8 Å². The molecule has 1 aromatic carbocycles. The SMILES string of the molecule is O=C(O)c1cc(C2CC2)c2c(c1)nc(C(=O)NC1CCN(C3CC3)CC1)n2Cc1cc(-c2ccc(Cl)s2)on1. The molecule has 11 heteroatoms. The number of rotatable bonds is 8. The van der Waals surface area contributed by atoms with Crippen LogP contribution in [0.15, 0.2) is 34.9 Å². The van der Waals surface area contributed by atoms with Gasteiger partial charge in [-0.05, 0) is 74.3 Å². The number of imidazole rings is 1. The Bertz CT molecular complexity index is 1580. The van der Waals surface area contributed by atoms with Crippen molar-refractivity contribution in [2.75, 3.05) is 13.1 Å². The Balaban J connectivity index is 1.24. The van der Waals surface area contributed by atoms with Crippen LogP contribution in [0.4, 0.5) is 0 Å². The number of amides is 1. The van der Waals surface area contributed by atoms with Gasteiger partial charge in [-0.3, -0.25) is 4.79 Å². The minimum Gasteiger partial charge on any atom is -0.478 e. The maximum absolute atomic E-state index is 13.7. The van der Waals surface area contributed by atoms with Crippen molar-refractivity contribution >= 4 is 45.8 Å². The fourth-order valence-corrected chi connectivity index (χ4v) is 6.66.